The van der Waals surface area contributed by atoms with Gasteiger partial charge in [-0.05, 0) is 73.4 Å². The first-order chi connectivity index (χ1) is 16.7. The van der Waals surface area contributed by atoms with Gasteiger partial charge in [-0.15, -0.1) is 0 Å². The van der Waals surface area contributed by atoms with E-state index in [-0.39, 0.29) is 16.9 Å². The van der Waals surface area contributed by atoms with Crippen LogP contribution in [-0.4, -0.2) is 23.4 Å². The summed E-state index contributed by atoms with van der Waals surface area (Å²) in [5.41, 5.74) is 2.69. The van der Waals surface area contributed by atoms with Crippen LogP contribution < -0.4 is 9.64 Å². The van der Waals surface area contributed by atoms with Gasteiger partial charge < -0.3 is 9.84 Å². The number of nitrogens with zero attached hydrogens (tertiary/aromatic N) is 1. The Morgan fingerprint density at radius 3 is 2.40 bits per heavy atom. The van der Waals surface area contributed by atoms with Crippen LogP contribution in [0.3, 0.4) is 0 Å². The van der Waals surface area contributed by atoms with Gasteiger partial charge in [0.15, 0.2) is 0 Å². The molecule has 0 saturated carbocycles. The first-order valence-corrected chi connectivity index (χ1v) is 11.5. The van der Waals surface area contributed by atoms with E-state index in [1.54, 1.807) is 37.3 Å². The summed E-state index contributed by atoms with van der Waals surface area (Å²) in [6.45, 7) is 8.10. The topological polar surface area (TPSA) is 66.8 Å². The third kappa shape index (κ3) is 4.83. The lowest BCUT2D eigenvalue weighted by atomic mass is 9.94. The van der Waals surface area contributed by atoms with Crippen molar-refractivity contribution in [3.8, 4) is 5.75 Å². The molecule has 5 nitrogen and oxygen atoms in total. The molecule has 1 saturated heterocycles. The third-order valence-corrected chi connectivity index (χ3v) is 5.95. The fourth-order valence-electron chi connectivity index (χ4n) is 4.10. The molecule has 0 aliphatic carbocycles. The second-order valence-corrected chi connectivity index (χ2v) is 9.25. The molecule has 0 spiro atoms. The molecule has 4 rings (SSSR count). The maximum atomic E-state index is 13.9. The molecule has 1 atom stereocenters. The number of Topliss-reactive ketones (excluding diaryl/α,β-unsaturated/α-hetero) is 1. The number of carbonyl (C=O) groups excluding carboxylic acids is 2. The summed E-state index contributed by atoms with van der Waals surface area (Å²) in [5, 5.41) is 11.2. The molecule has 3 aromatic carbocycles. The lowest BCUT2D eigenvalue weighted by Gasteiger charge is -2.26. The van der Waals surface area contributed by atoms with Gasteiger partial charge in [-0.2, -0.15) is 0 Å². The lowest BCUT2D eigenvalue weighted by molar-refractivity contribution is -0.132. The number of ketones is 1. The molecule has 0 bridgehead atoms. The maximum absolute atomic E-state index is 13.9. The Morgan fingerprint density at radius 2 is 1.74 bits per heavy atom. The molecule has 1 aliphatic rings. The van der Waals surface area contributed by atoms with Crippen molar-refractivity contribution in [2.75, 3.05) is 11.5 Å². The van der Waals surface area contributed by atoms with Crippen molar-refractivity contribution < 1.29 is 23.8 Å². The smallest absolute Gasteiger partial charge is 0.300 e. The quantitative estimate of drug-likeness (QED) is 0.267. The molecule has 1 amide bonds. The molecule has 1 unspecified atom stereocenters. The fraction of sp³-hybridized carbons (Fsp3) is 0.241. The van der Waals surface area contributed by atoms with E-state index in [9.17, 15) is 19.1 Å². The summed E-state index contributed by atoms with van der Waals surface area (Å²) in [6.07, 6.45) is 0. The minimum Gasteiger partial charge on any atom is -0.507 e. The number of carbonyl (C=O) groups is 2. The Hall–Kier alpha value is -3.93. The highest BCUT2D eigenvalue weighted by Crippen LogP contribution is 2.43. The number of hydrogen-bond donors (Lipinski definition) is 1. The van der Waals surface area contributed by atoms with Crippen molar-refractivity contribution in [3.63, 3.8) is 0 Å². The van der Waals surface area contributed by atoms with E-state index >= 15 is 0 Å². The molecule has 35 heavy (non-hydrogen) atoms. The summed E-state index contributed by atoms with van der Waals surface area (Å²) in [4.78, 5) is 28.0. The average Bonchev–Trinajstić information content (AvgIpc) is 3.10. The van der Waals surface area contributed by atoms with Crippen LogP contribution in [0.2, 0.25) is 0 Å². The summed E-state index contributed by atoms with van der Waals surface area (Å²) in [6, 6.07) is 17.7. The van der Waals surface area contributed by atoms with E-state index in [1.807, 2.05) is 39.0 Å². The highest BCUT2D eigenvalue weighted by Gasteiger charge is 2.47. The molecular formula is C29H28FNO4. The van der Waals surface area contributed by atoms with Gasteiger partial charge in [0.2, 0.25) is 0 Å². The molecule has 1 fully saturated rings. The van der Waals surface area contributed by atoms with Gasteiger partial charge in [-0.3, -0.25) is 14.5 Å². The van der Waals surface area contributed by atoms with Crippen molar-refractivity contribution in [1.82, 2.24) is 0 Å². The number of halogens is 1. The van der Waals surface area contributed by atoms with Gasteiger partial charge in [-0.25, -0.2) is 4.39 Å². The second kappa shape index (κ2) is 9.74. The summed E-state index contributed by atoms with van der Waals surface area (Å²) >= 11 is 0. The summed E-state index contributed by atoms with van der Waals surface area (Å²) < 4.78 is 19.7. The predicted molar refractivity (Wildman–Crippen MR) is 134 cm³/mol. The first-order valence-electron chi connectivity index (χ1n) is 11.5. The minimum atomic E-state index is -0.884. The van der Waals surface area contributed by atoms with Gasteiger partial charge in [0.1, 0.15) is 17.3 Å². The molecule has 1 heterocycles. The normalized spacial score (nSPS) is 17.3. The van der Waals surface area contributed by atoms with Crippen LogP contribution in [0, 0.1) is 25.6 Å². The lowest BCUT2D eigenvalue weighted by Crippen LogP contribution is -2.29. The second-order valence-electron chi connectivity index (χ2n) is 9.25. The van der Waals surface area contributed by atoms with Gasteiger partial charge in [-0.1, -0.05) is 43.7 Å². The van der Waals surface area contributed by atoms with Gasteiger partial charge in [0.05, 0.1) is 18.2 Å². The van der Waals surface area contributed by atoms with Crippen molar-refractivity contribution in [3.05, 3.63) is 100 Å². The number of aliphatic hydroxyl groups excluding tert-OH is 1. The predicted octanol–water partition coefficient (Wildman–Crippen LogP) is 6.10. The van der Waals surface area contributed by atoms with Crippen molar-refractivity contribution in [2.45, 2.75) is 33.7 Å². The highest BCUT2D eigenvalue weighted by atomic mass is 19.1. The molecule has 180 valence electrons. The van der Waals surface area contributed by atoms with Gasteiger partial charge in [0.25, 0.3) is 11.7 Å². The molecule has 3 aromatic rings. The summed E-state index contributed by atoms with van der Waals surface area (Å²) in [5.74, 6) is -1.40. The van der Waals surface area contributed by atoms with E-state index in [0.717, 1.165) is 5.56 Å². The Labute approximate surface area is 204 Å². The highest BCUT2D eigenvalue weighted by molar-refractivity contribution is 6.51. The zero-order valence-corrected chi connectivity index (χ0v) is 20.2. The number of aryl methyl sites for hydroxylation is 2. The van der Waals surface area contributed by atoms with Crippen LogP contribution in [0.25, 0.3) is 5.76 Å². The number of aliphatic hydroxyl groups is 1. The Balaban J connectivity index is 1.90. The third-order valence-electron chi connectivity index (χ3n) is 5.95. The van der Waals surface area contributed by atoms with Crippen LogP contribution in [0.15, 0.2) is 72.3 Å². The number of hydrogen-bond acceptors (Lipinski definition) is 4. The molecular weight excluding hydrogens is 445 g/mol. The molecule has 6 heteroatoms. The molecule has 0 aromatic heterocycles. The zero-order valence-electron chi connectivity index (χ0n) is 20.2. The van der Waals surface area contributed by atoms with E-state index in [4.69, 9.17) is 4.74 Å². The standard InChI is InChI=1S/C29H28FNO4/c1-17(2)16-35-23-7-5-6-20(15-23)26-25(27(32)21-10-13-24(30)19(4)14-21)28(33)29(34)31(26)22-11-8-18(3)9-12-22/h5-15,17,26,32H,16H2,1-4H3/b27-25-. The van der Waals surface area contributed by atoms with E-state index < -0.39 is 23.5 Å². The average molecular weight is 474 g/mol. The number of ether oxygens (including phenoxy) is 1. The molecule has 1 N–H and O–H groups in total. The Kier molecular flexibility index (Phi) is 6.74. The van der Waals surface area contributed by atoms with E-state index in [1.165, 1.54) is 23.1 Å². The van der Waals surface area contributed by atoms with Crippen LogP contribution in [-0.2, 0) is 9.59 Å². The minimum absolute atomic E-state index is 0.0532. The SMILES string of the molecule is Cc1ccc(N2C(=O)C(=O)/C(=C(\O)c3ccc(F)c(C)c3)C2c2cccc(OCC(C)C)c2)cc1. The van der Waals surface area contributed by atoms with E-state index in [0.29, 0.717) is 35.1 Å². The van der Waals surface area contributed by atoms with Crippen molar-refractivity contribution >= 4 is 23.1 Å². The number of amides is 1. The van der Waals surface area contributed by atoms with Crippen LogP contribution in [0.5, 0.6) is 5.75 Å². The monoisotopic (exact) mass is 473 g/mol. The van der Waals surface area contributed by atoms with Crippen LogP contribution in [0.4, 0.5) is 10.1 Å². The van der Waals surface area contributed by atoms with Crippen molar-refractivity contribution in [2.24, 2.45) is 5.92 Å². The Bertz CT molecular complexity index is 1310. The largest absolute Gasteiger partial charge is 0.507 e. The van der Waals surface area contributed by atoms with Crippen LogP contribution >= 0.6 is 0 Å². The number of anilines is 1. The van der Waals surface area contributed by atoms with Crippen molar-refractivity contribution in [1.29, 1.82) is 0 Å². The first kappa shape index (κ1) is 24.2. The molecule has 1 aliphatic heterocycles. The van der Waals surface area contributed by atoms with Gasteiger partial charge in [0, 0.05) is 11.3 Å². The van der Waals surface area contributed by atoms with Gasteiger partial charge >= 0.3 is 0 Å². The fourth-order valence-corrected chi connectivity index (χ4v) is 4.10. The number of benzene rings is 3. The zero-order chi connectivity index (χ0) is 25.3. The maximum Gasteiger partial charge on any atom is 0.300 e. The number of rotatable bonds is 6. The van der Waals surface area contributed by atoms with Crippen LogP contribution in [0.1, 0.15) is 42.1 Å². The Morgan fingerprint density at radius 1 is 1.03 bits per heavy atom. The van der Waals surface area contributed by atoms with E-state index in [2.05, 4.69) is 0 Å². The molecule has 0 radical (unpaired) electrons. The summed E-state index contributed by atoms with van der Waals surface area (Å²) in [7, 11) is 0.